The molecule has 0 bridgehead atoms. The summed E-state index contributed by atoms with van der Waals surface area (Å²) in [7, 11) is -2.92. The highest BCUT2D eigenvalue weighted by molar-refractivity contribution is 6.71. The lowest BCUT2D eigenvalue weighted by molar-refractivity contribution is -0.153. The van der Waals surface area contributed by atoms with Gasteiger partial charge in [0.15, 0.2) is 20.1 Å². The lowest BCUT2D eigenvalue weighted by Crippen LogP contribution is -2.55. The van der Waals surface area contributed by atoms with Crippen molar-refractivity contribution in [2.75, 3.05) is 23.0 Å². The van der Waals surface area contributed by atoms with Crippen LogP contribution in [0.3, 0.4) is 0 Å². The van der Waals surface area contributed by atoms with Gasteiger partial charge in [0.2, 0.25) is 5.91 Å². The molecule has 2 amide bonds. The first-order chi connectivity index (χ1) is 22.4. The van der Waals surface area contributed by atoms with Crippen LogP contribution in [0.15, 0.2) is 67.4 Å². The van der Waals surface area contributed by atoms with Crippen LogP contribution in [0.25, 0.3) is 0 Å². The maximum atomic E-state index is 14.4. The fourth-order valence-electron chi connectivity index (χ4n) is 7.68. The van der Waals surface area contributed by atoms with Gasteiger partial charge in [-0.15, -0.1) is 11.7 Å². The molecule has 6 rings (SSSR count). The fraction of sp³-hybridized carbons (Fsp3) is 0.441. The molecule has 0 radical (unpaired) electrons. The zero-order chi connectivity index (χ0) is 33.7. The van der Waals surface area contributed by atoms with Gasteiger partial charge in [-0.25, -0.2) is 0 Å². The van der Waals surface area contributed by atoms with Crippen molar-refractivity contribution in [3.8, 4) is 0 Å². The SMILES string of the molecule is C=CCN1C(=O)[C@@]2(O[C@@H](CCn3cc(C(CO)c4ccccc4)nn3)[C@H]([Si](C)(C)O)[C@H]2C)c2cc(N3C(=O)CC3OC(C)=O)ccc21. The molecule has 248 valence electrons. The van der Waals surface area contributed by atoms with E-state index < -0.39 is 38.1 Å². The molecule has 0 saturated carbocycles. The van der Waals surface area contributed by atoms with Crippen molar-refractivity contribution in [2.45, 2.75) is 75.7 Å². The normalized spacial score (nSPS) is 26.0. The Hall–Kier alpha value is -4.17. The number of fused-ring (bicyclic) bond motifs is 2. The number of anilines is 2. The van der Waals surface area contributed by atoms with Crippen LogP contribution in [0, 0.1) is 5.92 Å². The molecule has 0 aliphatic carbocycles. The Kier molecular flexibility index (Phi) is 8.68. The van der Waals surface area contributed by atoms with Gasteiger partial charge < -0.3 is 24.3 Å². The largest absolute Gasteiger partial charge is 0.441 e. The number of benzene rings is 2. The molecule has 4 heterocycles. The standard InChI is InChI=1S/C34H41N5O7Si/c1-6-15-38-28-13-12-24(39-30(42)18-31(39)45-22(3)41)17-26(28)34(33(38)43)21(2)32(47(4,5)44)29(46-34)14-16-37-19-27(35-36-37)25(20-40)23-10-8-7-9-11-23/h6-13,17,19,21,25,29,31-32,40,44H,1,14-16,18,20H2,2-5H3/t21-,25?,29+,31?,32-,34+/m1/s1. The number of β-lactam (4-membered cyclic amide) rings is 1. The molecule has 13 heteroatoms. The van der Waals surface area contributed by atoms with Crippen LogP contribution in [0.4, 0.5) is 11.4 Å². The number of aliphatic hydroxyl groups is 1. The van der Waals surface area contributed by atoms with E-state index >= 15 is 0 Å². The van der Waals surface area contributed by atoms with E-state index in [4.69, 9.17) is 9.47 Å². The molecule has 6 atom stereocenters. The Balaban J connectivity index is 1.32. The maximum Gasteiger partial charge on any atom is 0.304 e. The number of hydrogen-bond acceptors (Lipinski definition) is 9. The minimum absolute atomic E-state index is 0.0824. The Morgan fingerprint density at radius 1 is 1.23 bits per heavy atom. The topological polar surface area (TPSA) is 147 Å². The predicted octanol–water partition coefficient (Wildman–Crippen LogP) is 3.45. The molecule has 2 aromatic carbocycles. The van der Waals surface area contributed by atoms with Crippen LogP contribution in [0.5, 0.6) is 0 Å². The number of ether oxygens (including phenoxy) is 2. The number of rotatable bonds is 11. The van der Waals surface area contributed by atoms with Gasteiger partial charge >= 0.3 is 5.97 Å². The summed E-state index contributed by atoms with van der Waals surface area (Å²) in [5.74, 6) is -1.65. The van der Waals surface area contributed by atoms with Gasteiger partial charge in [0.05, 0.1) is 36.4 Å². The highest BCUT2D eigenvalue weighted by atomic mass is 28.4. The van der Waals surface area contributed by atoms with Crippen LogP contribution in [-0.4, -0.2) is 76.5 Å². The van der Waals surface area contributed by atoms with E-state index in [0.717, 1.165) is 5.56 Å². The Labute approximate surface area is 274 Å². The van der Waals surface area contributed by atoms with Crippen LogP contribution < -0.4 is 9.80 Å². The third-order valence-electron chi connectivity index (χ3n) is 9.71. The second-order valence-electron chi connectivity index (χ2n) is 13.1. The molecular weight excluding hydrogens is 618 g/mol. The number of amides is 2. The minimum Gasteiger partial charge on any atom is -0.441 e. The number of esters is 1. The number of nitrogens with zero attached hydrogens (tertiary/aromatic N) is 5. The monoisotopic (exact) mass is 659 g/mol. The van der Waals surface area contributed by atoms with Gasteiger partial charge in [0, 0.05) is 48.9 Å². The molecule has 1 aromatic heterocycles. The second-order valence-corrected chi connectivity index (χ2v) is 17.1. The highest BCUT2D eigenvalue weighted by Gasteiger charge is 2.66. The van der Waals surface area contributed by atoms with Crippen LogP contribution >= 0.6 is 0 Å². The molecule has 3 aliphatic rings. The average molecular weight is 660 g/mol. The van der Waals surface area contributed by atoms with Gasteiger partial charge in [-0.05, 0) is 43.3 Å². The first-order valence-electron chi connectivity index (χ1n) is 15.9. The van der Waals surface area contributed by atoms with E-state index in [0.29, 0.717) is 35.6 Å². The lowest BCUT2D eigenvalue weighted by atomic mass is 9.82. The third-order valence-corrected chi connectivity index (χ3v) is 12.2. The Bertz CT molecular complexity index is 1690. The van der Waals surface area contributed by atoms with E-state index in [1.54, 1.807) is 33.9 Å². The molecule has 47 heavy (non-hydrogen) atoms. The van der Waals surface area contributed by atoms with Crippen molar-refractivity contribution >= 4 is 37.5 Å². The molecule has 1 spiro atoms. The van der Waals surface area contributed by atoms with Crippen LogP contribution in [-0.2, 0) is 36.0 Å². The summed E-state index contributed by atoms with van der Waals surface area (Å²) in [5, 5.41) is 18.8. The summed E-state index contributed by atoms with van der Waals surface area (Å²) >= 11 is 0. The fourth-order valence-corrected chi connectivity index (χ4v) is 10.3. The van der Waals surface area contributed by atoms with E-state index in [9.17, 15) is 24.3 Å². The minimum atomic E-state index is -2.92. The third kappa shape index (κ3) is 5.60. The number of carbonyl (C=O) groups is 3. The quantitative estimate of drug-likeness (QED) is 0.137. The summed E-state index contributed by atoms with van der Waals surface area (Å²) in [6.45, 7) is 11.4. The van der Waals surface area contributed by atoms with Gasteiger partial charge in [-0.3, -0.25) is 24.0 Å². The molecular formula is C34H41N5O7Si. The number of aromatic nitrogens is 3. The molecule has 2 unspecified atom stereocenters. The first kappa shape index (κ1) is 32.8. The molecule has 2 saturated heterocycles. The van der Waals surface area contributed by atoms with Crippen LogP contribution in [0.1, 0.15) is 49.4 Å². The van der Waals surface area contributed by atoms with Crippen molar-refractivity contribution in [1.29, 1.82) is 0 Å². The van der Waals surface area contributed by atoms with Crippen molar-refractivity contribution in [3.05, 3.63) is 84.2 Å². The smallest absolute Gasteiger partial charge is 0.304 e. The summed E-state index contributed by atoms with van der Waals surface area (Å²) < 4.78 is 14.0. The number of aryl methyl sites for hydroxylation is 1. The molecule has 3 aliphatic heterocycles. The van der Waals surface area contributed by atoms with Crippen LogP contribution in [0.2, 0.25) is 18.6 Å². The molecule has 2 N–H and O–H groups in total. The zero-order valence-electron chi connectivity index (χ0n) is 27.1. The van der Waals surface area contributed by atoms with E-state index in [1.165, 1.54) is 11.8 Å². The van der Waals surface area contributed by atoms with Gasteiger partial charge in [-0.2, -0.15) is 0 Å². The summed E-state index contributed by atoms with van der Waals surface area (Å²) in [4.78, 5) is 53.5. The highest BCUT2D eigenvalue weighted by Crippen LogP contribution is 2.60. The lowest BCUT2D eigenvalue weighted by Gasteiger charge is -2.39. The van der Waals surface area contributed by atoms with E-state index in [-0.39, 0.29) is 42.8 Å². The molecule has 12 nitrogen and oxygen atoms in total. The van der Waals surface area contributed by atoms with Gasteiger partial charge in [0.25, 0.3) is 5.91 Å². The zero-order valence-corrected chi connectivity index (χ0v) is 28.1. The summed E-state index contributed by atoms with van der Waals surface area (Å²) in [6.07, 6.45) is 2.79. The van der Waals surface area contributed by atoms with E-state index in [2.05, 4.69) is 16.9 Å². The first-order valence-corrected chi connectivity index (χ1v) is 19.0. The van der Waals surface area contributed by atoms with Crippen molar-refractivity contribution in [1.82, 2.24) is 15.0 Å². The molecule has 3 aromatic rings. The number of aliphatic hydroxyl groups excluding tert-OH is 1. The van der Waals surface area contributed by atoms with Gasteiger partial charge in [0.1, 0.15) is 0 Å². The number of carbonyl (C=O) groups excluding carboxylic acids is 3. The Morgan fingerprint density at radius 3 is 2.62 bits per heavy atom. The average Bonchev–Trinajstić information content (AvgIpc) is 3.67. The summed E-state index contributed by atoms with van der Waals surface area (Å²) in [5.41, 5.74) is 1.61. The summed E-state index contributed by atoms with van der Waals surface area (Å²) in [6, 6.07) is 15.0. The van der Waals surface area contributed by atoms with Gasteiger partial charge in [-0.1, -0.05) is 48.5 Å². The van der Waals surface area contributed by atoms with E-state index in [1.807, 2.05) is 56.5 Å². The maximum absolute atomic E-state index is 14.4. The van der Waals surface area contributed by atoms with Crippen molar-refractivity contribution < 1.29 is 33.8 Å². The molecule has 2 fully saturated rings. The Morgan fingerprint density at radius 2 is 1.98 bits per heavy atom. The number of hydrogen-bond donors (Lipinski definition) is 2. The van der Waals surface area contributed by atoms with Crippen molar-refractivity contribution in [3.63, 3.8) is 0 Å². The van der Waals surface area contributed by atoms with Crippen molar-refractivity contribution in [2.24, 2.45) is 5.92 Å². The second kappa shape index (κ2) is 12.5. The predicted molar refractivity (Wildman–Crippen MR) is 176 cm³/mol.